The van der Waals surface area contributed by atoms with Crippen molar-refractivity contribution in [2.45, 2.75) is 45.6 Å². The Bertz CT molecular complexity index is 810. The van der Waals surface area contributed by atoms with Gasteiger partial charge in [0.15, 0.2) is 6.10 Å². The largest absolute Gasteiger partial charge is 0.481 e. The predicted octanol–water partition coefficient (Wildman–Crippen LogP) is 3.99. The fourth-order valence-electron chi connectivity index (χ4n) is 3.09. The molecule has 6 heteroatoms. The highest BCUT2D eigenvalue weighted by molar-refractivity contribution is 7.17. The maximum atomic E-state index is 12.5. The second kappa shape index (κ2) is 7.91. The van der Waals surface area contributed by atoms with Gasteiger partial charge in [0.25, 0.3) is 5.91 Å². The molecule has 0 aliphatic heterocycles. The quantitative estimate of drug-likeness (QED) is 0.778. The summed E-state index contributed by atoms with van der Waals surface area (Å²) in [5, 5.41) is 3.41. The van der Waals surface area contributed by atoms with Crippen LogP contribution in [0.4, 0.5) is 5.00 Å². The van der Waals surface area contributed by atoms with Gasteiger partial charge in [-0.1, -0.05) is 19.1 Å². The SMILES string of the molecule is CCc1ccc(OC(C)C(=O)Nc2sc3c(c2C(=O)OC)CCC3)cc1. The lowest BCUT2D eigenvalue weighted by Crippen LogP contribution is -2.30. The number of hydrogen-bond acceptors (Lipinski definition) is 5. The summed E-state index contributed by atoms with van der Waals surface area (Å²) in [5.41, 5.74) is 2.73. The average Bonchev–Trinajstić information content (AvgIpc) is 3.22. The number of amides is 1. The minimum Gasteiger partial charge on any atom is -0.481 e. The molecule has 0 saturated carbocycles. The predicted molar refractivity (Wildman–Crippen MR) is 102 cm³/mol. The van der Waals surface area contributed by atoms with Crippen molar-refractivity contribution in [1.29, 1.82) is 0 Å². The highest BCUT2D eigenvalue weighted by atomic mass is 32.1. The molecule has 0 saturated heterocycles. The van der Waals surface area contributed by atoms with E-state index in [9.17, 15) is 9.59 Å². The summed E-state index contributed by atoms with van der Waals surface area (Å²) in [6.07, 6.45) is 3.10. The monoisotopic (exact) mass is 373 g/mol. The number of rotatable bonds is 6. The molecule has 138 valence electrons. The number of ether oxygens (including phenoxy) is 2. The van der Waals surface area contributed by atoms with Crippen molar-refractivity contribution < 1.29 is 19.1 Å². The van der Waals surface area contributed by atoms with Gasteiger partial charge in [-0.25, -0.2) is 4.79 Å². The molecule has 1 amide bonds. The van der Waals surface area contributed by atoms with Crippen molar-refractivity contribution in [3.05, 3.63) is 45.8 Å². The number of nitrogens with one attached hydrogen (secondary N) is 1. The van der Waals surface area contributed by atoms with Gasteiger partial charge in [0.2, 0.25) is 0 Å². The van der Waals surface area contributed by atoms with Gasteiger partial charge in [-0.3, -0.25) is 4.79 Å². The second-order valence-corrected chi connectivity index (χ2v) is 7.41. The minimum absolute atomic E-state index is 0.283. The Kier molecular flexibility index (Phi) is 5.61. The van der Waals surface area contributed by atoms with Crippen LogP contribution in [-0.2, 0) is 28.8 Å². The molecular weight excluding hydrogens is 350 g/mol. The molecule has 1 aromatic heterocycles. The van der Waals surface area contributed by atoms with Gasteiger partial charge in [0, 0.05) is 4.88 Å². The van der Waals surface area contributed by atoms with Crippen molar-refractivity contribution in [2.75, 3.05) is 12.4 Å². The fraction of sp³-hybridized carbons (Fsp3) is 0.400. The van der Waals surface area contributed by atoms with Crippen LogP contribution in [-0.4, -0.2) is 25.1 Å². The van der Waals surface area contributed by atoms with Crippen LogP contribution in [0, 0.1) is 0 Å². The molecule has 1 aromatic carbocycles. The van der Waals surface area contributed by atoms with Crippen molar-refractivity contribution in [1.82, 2.24) is 0 Å². The summed E-state index contributed by atoms with van der Waals surface area (Å²) in [4.78, 5) is 25.9. The summed E-state index contributed by atoms with van der Waals surface area (Å²) >= 11 is 1.46. The van der Waals surface area contributed by atoms with E-state index >= 15 is 0 Å². The van der Waals surface area contributed by atoms with Crippen LogP contribution >= 0.6 is 11.3 Å². The van der Waals surface area contributed by atoms with Crippen LogP contribution < -0.4 is 10.1 Å². The number of hydrogen-bond donors (Lipinski definition) is 1. The van der Waals surface area contributed by atoms with Gasteiger partial charge >= 0.3 is 5.97 Å². The van der Waals surface area contributed by atoms with E-state index in [-0.39, 0.29) is 5.91 Å². The first-order valence-corrected chi connectivity index (χ1v) is 9.64. The Morgan fingerprint density at radius 3 is 2.62 bits per heavy atom. The molecule has 1 unspecified atom stereocenters. The van der Waals surface area contributed by atoms with Gasteiger partial charge < -0.3 is 14.8 Å². The maximum absolute atomic E-state index is 12.5. The standard InChI is InChI=1S/C20H23NO4S/c1-4-13-8-10-14(11-9-13)25-12(2)18(22)21-19-17(20(23)24-3)15-6-5-7-16(15)26-19/h8-12H,4-7H2,1-3H3,(H,21,22). The zero-order valence-electron chi connectivity index (χ0n) is 15.3. The fourth-order valence-corrected chi connectivity index (χ4v) is 4.37. The molecule has 0 spiro atoms. The lowest BCUT2D eigenvalue weighted by molar-refractivity contribution is -0.122. The number of benzene rings is 1. The molecular formula is C20H23NO4S. The third kappa shape index (κ3) is 3.75. The first kappa shape index (κ1) is 18.5. The smallest absolute Gasteiger partial charge is 0.341 e. The number of aryl methyl sites for hydroxylation is 2. The van der Waals surface area contributed by atoms with Crippen LogP contribution in [0.5, 0.6) is 5.75 Å². The lowest BCUT2D eigenvalue weighted by atomic mass is 10.1. The minimum atomic E-state index is -0.676. The van der Waals surface area contributed by atoms with Crippen molar-refractivity contribution in [3.63, 3.8) is 0 Å². The molecule has 0 radical (unpaired) electrons. The molecule has 1 N–H and O–H groups in total. The Balaban J connectivity index is 1.72. The van der Waals surface area contributed by atoms with Crippen LogP contribution in [0.3, 0.4) is 0 Å². The molecule has 1 aliphatic carbocycles. The summed E-state index contributed by atoms with van der Waals surface area (Å²) in [6, 6.07) is 7.70. The number of anilines is 1. The second-order valence-electron chi connectivity index (χ2n) is 6.30. The highest BCUT2D eigenvalue weighted by Crippen LogP contribution is 2.39. The molecule has 0 bridgehead atoms. The van der Waals surface area contributed by atoms with E-state index in [1.165, 1.54) is 24.0 Å². The number of methoxy groups -OCH3 is 1. The molecule has 26 heavy (non-hydrogen) atoms. The molecule has 5 nitrogen and oxygen atoms in total. The maximum Gasteiger partial charge on any atom is 0.341 e. The Morgan fingerprint density at radius 1 is 1.23 bits per heavy atom. The lowest BCUT2D eigenvalue weighted by Gasteiger charge is -2.15. The zero-order chi connectivity index (χ0) is 18.7. The Morgan fingerprint density at radius 2 is 1.96 bits per heavy atom. The van der Waals surface area contributed by atoms with Crippen molar-refractivity contribution >= 4 is 28.2 Å². The van der Waals surface area contributed by atoms with Crippen LogP contribution in [0.1, 0.15) is 46.6 Å². The van der Waals surface area contributed by atoms with Gasteiger partial charge in [0.05, 0.1) is 12.7 Å². The number of fused-ring (bicyclic) bond motifs is 1. The molecule has 1 aliphatic rings. The first-order valence-electron chi connectivity index (χ1n) is 8.82. The van der Waals surface area contributed by atoms with E-state index in [1.807, 2.05) is 24.3 Å². The van der Waals surface area contributed by atoms with Crippen LogP contribution in [0.25, 0.3) is 0 Å². The van der Waals surface area contributed by atoms with Gasteiger partial charge in [-0.05, 0) is 55.9 Å². The van der Waals surface area contributed by atoms with Gasteiger partial charge in [0.1, 0.15) is 10.8 Å². The Labute approximate surface area is 157 Å². The van der Waals surface area contributed by atoms with E-state index < -0.39 is 12.1 Å². The summed E-state index contributed by atoms with van der Waals surface area (Å²) in [5.74, 6) is -0.0372. The van der Waals surface area contributed by atoms with Gasteiger partial charge in [-0.15, -0.1) is 11.3 Å². The topological polar surface area (TPSA) is 64.6 Å². The summed E-state index contributed by atoms with van der Waals surface area (Å²) in [7, 11) is 1.36. The normalized spacial score (nSPS) is 13.8. The molecule has 1 heterocycles. The Hall–Kier alpha value is -2.34. The van der Waals surface area contributed by atoms with E-state index in [0.29, 0.717) is 16.3 Å². The van der Waals surface area contributed by atoms with E-state index in [4.69, 9.17) is 9.47 Å². The van der Waals surface area contributed by atoms with Crippen molar-refractivity contribution in [3.8, 4) is 5.75 Å². The molecule has 2 aromatic rings. The van der Waals surface area contributed by atoms with Gasteiger partial charge in [-0.2, -0.15) is 0 Å². The molecule has 3 rings (SSSR count). The third-order valence-electron chi connectivity index (χ3n) is 4.56. The average molecular weight is 373 g/mol. The van der Waals surface area contributed by atoms with Crippen LogP contribution in [0.2, 0.25) is 0 Å². The number of esters is 1. The third-order valence-corrected chi connectivity index (χ3v) is 5.77. The molecule has 0 fully saturated rings. The van der Waals surface area contributed by atoms with E-state index in [2.05, 4.69) is 12.2 Å². The summed E-state index contributed by atoms with van der Waals surface area (Å²) < 4.78 is 10.6. The van der Waals surface area contributed by atoms with E-state index in [1.54, 1.807) is 6.92 Å². The summed E-state index contributed by atoms with van der Waals surface area (Å²) in [6.45, 7) is 3.78. The molecule has 1 atom stereocenters. The van der Waals surface area contributed by atoms with Crippen molar-refractivity contribution in [2.24, 2.45) is 0 Å². The van der Waals surface area contributed by atoms with E-state index in [0.717, 1.165) is 36.1 Å². The van der Waals surface area contributed by atoms with Crippen LogP contribution in [0.15, 0.2) is 24.3 Å². The zero-order valence-corrected chi connectivity index (χ0v) is 16.1. The highest BCUT2D eigenvalue weighted by Gasteiger charge is 2.29. The number of thiophene rings is 1. The number of carbonyl (C=O) groups excluding carboxylic acids is 2. The number of carbonyl (C=O) groups is 2. The first-order chi connectivity index (χ1) is 12.5.